The number of amides is 1. The first kappa shape index (κ1) is 24.2. The second kappa shape index (κ2) is 11.0. The van der Waals surface area contributed by atoms with Crippen LogP contribution in [0.3, 0.4) is 0 Å². The first-order valence-corrected chi connectivity index (χ1v) is 12.8. The molecule has 7 heteroatoms. The Kier molecular flexibility index (Phi) is 7.83. The van der Waals surface area contributed by atoms with Gasteiger partial charge in [-0.1, -0.05) is 54.9 Å². The molecule has 0 spiro atoms. The Morgan fingerprint density at radius 3 is 2.38 bits per heavy atom. The summed E-state index contributed by atoms with van der Waals surface area (Å²) in [5.41, 5.74) is 2.57. The van der Waals surface area contributed by atoms with Gasteiger partial charge < -0.3 is 5.32 Å². The van der Waals surface area contributed by atoms with Gasteiger partial charge in [-0.2, -0.15) is 0 Å². The highest BCUT2D eigenvalue weighted by atomic mass is 35.5. The topological polar surface area (TPSA) is 46.2 Å². The molecule has 0 aliphatic carbocycles. The van der Waals surface area contributed by atoms with E-state index in [0.717, 1.165) is 16.2 Å². The van der Waals surface area contributed by atoms with Crippen LogP contribution in [0.2, 0.25) is 5.02 Å². The quantitative estimate of drug-likeness (QED) is 0.195. The number of benzene rings is 3. The lowest BCUT2D eigenvalue weighted by Crippen LogP contribution is -2.13. The van der Waals surface area contributed by atoms with E-state index in [1.807, 2.05) is 24.3 Å². The number of anilines is 1. The van der Waals surface area contributed by atoms with Gasteiger partial charge in [-0.25, -0.2) is 4.39 Å². The zero-order chi connectivity index (χ0) is 24.1. The Bertz CT molecular complexity index is 1320. The average Bonchev–Trinajstić information content (AvgIpc) is 3.24. The third-order valence-electron chi connectivity index (χ3n) is 5.07. The number of hydrogen-bond donors (Lipinski definition) is 1. The van der Waals surface area contributed by atoms with E-state index in [-0.39, 0.29) is 23.9 Å². The predicted molar refractivity (Wildman–Crippen MR) is 140 cm³/mol. The SMILES string of the molecule is CCSc1ccc(CC(=O)Nc2cc(-c3ccc(F)cc3)c(C(=O)c3ccccc3Cl)s2)cc1. The van der Waals surface area contributed by atoms with Crippen molar-refractivity contribution in [1.29, 1.82) is 0 Å². The van der Waals surface area contributed by atoms with Gasteiger partial charge in [-0.05, 0) is 59.3 Å². The van der Waals surface area contributed by atoms with E-state index in [1.165, 1.54) is 23.5 Å². The maximum Gasteiger partial charge on any atom is 0.229 e. The molecule has 172 valence electrons. The third-order valence-corrected chi connectivity index (χ3v) is 7.35. The summed E-state index contributed by atoms with van der Waals surface area (Å²) < 4.78 is 13.5. The molecule has 3 nitrogen and oxygen atoms in total. The third kappa shape index (κ3) is 5.76. The van der Waals surface area contributed by atoms with Crippen LogP contribution in [0, 0.1) is 5.82 Å². The minimum absolute atomic E-state index is 0.181. The smallest absolute Gasteiger partial charge is 0.229 e. The average molecular weight is 510 g/mol. The maximum absolute atomic E-state index is 13.5. The molecule has 0 atom stereocenters. The number of carbonyl (C=O) groups is 2. The number of ketones is 1. The molecule has 4 rings (SSSR count). The zero-order valence-electron chi connectivity index (χ0n) is 18.3. The number of carbonyl (C=O) groups excluding carboxylic acids is 2. The predicted octanol–water partition coefficient (Wildman–Crippen LogP) is 7.73. The molecular weight excluding hydrogens is 489 g/mol. The minimum atomic E-state index is -0.366. The summed E-state index contributed by atoms with van der Waals surface area (Å²) in [5, 5.41) is 3.80. The van der Waals surface area contributed by atoms with Crippen molar-refractivity contribution in [3.05, 3.63) is 106 Å². The van der Waals surface area contributed by atoms with Crippen LogP contribution < -0.4 is 5.32 Å². The molecule has 1 amide bonds. The minimum Gasteiger partial charge on any atom is -0.317 e. The summed E-state index contributed by atoms with van der Waals surface area (Å²) in [5.74, 6) is 0.193. The standard InChI is InChI=1S/C27H21ClFNO2S2/c1-2-33-20-13-7-17(8-14-20)15-24(31)30-25-16-22(18-9-11-19(29)12-10-18)27(34-25)26(32)21-5-3-4-6-23(21)28/h3-14,16H,2,15H2,1H3,(H,30,31). The highest BCUT2D eigenvalue weighted by Gasteiger charge is 2.22. The number of rotatable bonds is 8. The van der Waals surface area contributed by atoms with Crippen molar-refractivity contribution in [2.24, 2.45) is 0 Å². The van der Waals surface area contributed by atoms with Gasteiger partial charge in [0, 0.05) is 16.0 Å². The normalized spacial score (nSPS) is 10.8. The van der Waals surface area contributed by atoms with Crippen molar-refractivity contribution < 1.29 is 14.0 Å². The maximum atomic E-state index is 13.5. The highest BCUT2D eigenvalue weighted by Crippen LogP contribution is 2.37. The molecule has 0 radical (unpaired) electrons. The fourth-order valence-corrected chi connectivity index (χ4v) is 5.40. The molecule has 3 aromatic carbocycles. The van der Waals surface area contributed by atoms with Gasteiger partial charge in [0.05, 0.1) is 21.3 Å². The number of halogens is 2. The van der Waals surface area contributed by atoms with Crippen LogP contribution in [-0.2, 0) is 11.2 Å². The monoisotopic (exact) mass is 509 g/mol. The molecule has 0 fully saturated rings. The molecule has 0 unspecified atom stereocenters. The molecule has 0 bridgehead atoms. The van der Waals surface area contributed by atoms with Crippen LogP contribution in [0.15, 0.2) is 83.8 Å². The lowest BCUT2D eigenvalue weighted by atomic mass is 10.0. The van der Waals surface area contributed by atoms with Crippen LogP contribution in [0.1, 0.15) is 27.7 Å². The molecule has 1 aromatic heterocycles. The van der Waals surface area contributed by atoms with E-state index in [1.54, 1.807) is 54.2 Å². The Morgan fingerprint density at radius 2 is 1.71 bits per heavy atom. The van der Waals surface area contributed by atoms with Crippen LogP contribution >= 0.6 is 34.7 Å². The molecule has 1 N–H and O–H groups in total. The second-order valence-electron chi connectivity index (χ2n) is 7.47. The molecule has 0 saturated carbocycles. The fraction of sp³-hybridized carbons (Fsp3) is 0.111. The van der Waals surface area contributed by atoms with Gasteiger partial charge in [-0.3, -0.25) is 9.59 Å². The molecule has 0 aliphatic rings. The molecule has 34 heavy (non-hydrogen) atoms. The molecule has 1 heterocycles. The summed E-state index contributed by atoms with van der Waals surface area (Å²) in [7, 11) is 0. The number of thiophene rings is 1. The van der Waals surface area contributed by atoms with E-state index in [2.05, 4.69) is 12.2 Å². The Labute approximate surface area is 211 Å². The Morgan fingerprint density at radius 1 is 1.00 bits per heavy atom. The van der Waals surface area contributed by atoms with Crippen molar-refractivity contribution in [3.8, 4) is 11.1 Å². The van der Waals surface area contributed by atoms with Crippen molar-refractivity contribution in [1.82, 2.24) is 0 Å². The largest absolute Gasteiger partial charge is 0.317 e. The van der Waals surface area contributed by atoms with Crippen molar-refractivity contribution >= 4 is 51.4 Å². The first-order valence-electron chi connectivity index (χ1n) is 10.6. The lowest BCUT2D eigenvalue weighted by Gasteiger charge is -2.05. The van der Waals surface area contributed by atoms with Gasteiger partial charge in [0.25, 0.3) is 0 Å². The summed E-state index contributed by atoms with van der Waals surface area (Å²) in [6.07, 6.45) is 0.217. The van der Waals surface area contributed by atoms with Crippen LogP contribution in [0.25, 0.3) is 11.1 Å². The van der Waals surface area contributed by atoms with Crippen LogP contribution in [0.5, 0.6) is 0 Å². The Balaban J connectivity index is 1.61. The molecule has 0 aliphatic heterocycles. The van der Waals surface area contributed by atoms with Crippen LogP contribution in [0.4, 0.5) is 9.39 Å². The van der Waals surface area contributed by atoms with Gasteiger partial charge in [0.15, 0.2) is 0 Å². The summed E-state index contributed by atoms with van der Waals surface area (Å²) >= 11 is 9.19. The van der Waals surface area contributed by atoms with Gasteiger partial charge in [-0.15, -0.1) is 23.1 Å². The second-order valence-corrected chi connectivity index (χ2v) is 10.3. The fourth-order valence-electron chi connectivity index (χ4n) is 3.47. The van der Waals surface area contributed by atoms with E-state index in [4.69, 9.17) is 11.6 Å². The number of nitrogens with one attached hydrogen (secondary N) is 1. The van der Waals surface area contributed by atoms with E-state index >= 15 is 0 Å². The summed E-state index contributed by atoms with van der Waals surface area (Å²) in [6.45, 7) is 2.10. The summed E-state index contributed by atoms with van der Waals surface area (Å²) in [6, 6.07) is 22.4. The van der Waals surface area contributed by atoms with Crippen molar-refractivity contribution in [2.45, 2.75) is 18.2 Å². The van der Waals surface area contributed by atoms with E-state index < -0.39 is 0 Å². The molecular formula is C27H21ClFNO2S2. The van der Waals surface area contributed by atoms with Gasteiger partial charge >= 0.3 is 0 Å². The number of thioether (sulfide) groups is 1. The van der Waals surface area contributed by atoms with Crippen molar-refractivity contribution in [2.75, 3.05) is 11.1 Å². The molecule has 4 aromatic rings. The van der Waals surface area contributed by atoms with Gasteiger partial charge in [0.2, 0.25) is 11.7 Å². The molecule has 0 saturated heterocycles. The number of hydrogen-bond acceptors (Lipinski definition) is 4. The lowest BCUT2D eigenvalue weighted by molar-refractivity contribution is -0.115. The van der Waals surface area contributed by atoms with E-state index in [0.29, 0.717) is 31.6 Å². The first-order chi connectivity index (χ1) is 16.4. The summed E-state index contributed by atoms with van der Waals surface area (Å²) in [4.78, 5) is 27.7. The Hall–Kier alpha value is -2.93. The van der Waals surface area contributed by atoms with Crippen molar-refractivity contribution in [3.63, 3.8) is 0 Å². The van der Waals surface area contributed by atoms with Gasteiger partial charge in [0.1, 0.15) is 5.82 Å². The van der Waals surface area contributed by atoms with Crippen LogP contribution in [-0.4, -0.2) is 17.4 Å². The highest BCUT2D eigenvalue weighted by molar-refractivity contribution is 7.99. The zero-order valence-corrected chi connectivity index (χ0v) is 20.7. The van der Waals surface area contributed by atoms with E-state index in [9.17, 15) is 14.0 Å².